The first kappa shape index (κ1) is 32.7. The zero-order chi connectivity index (χ0) is 29.7. The van der Waals surface area contributed by atoms with Crippen molar-refractivity contribution in [3.63, 3.8) is 0 Å². The van der Waals surface area contributed by atoms with E-state index < -0.39 is 16.4 Å². The van der Waals surface area contributed by atoms with Gasteiger partial charge >= 0.3 is 5.69 Å². The van der Waals surface area contributed by atoms with Gasteiger partial charge in [-0.2, -0.15) is 0 Å². The number of phenols is 2. The topological polar surface area (TPSA) is 130 Å². The molecule has 0 heterocycles. The lowest BCUT2D eigenvalue weighted by Gasteiger charge is -2.22. The number of aromatic hydroxyl groups is 2. The van der Waals surface area contributed by atoms with Crippen molar-refractivity contribution in [2.75, 3.05) is 19.0 Å². The van der Waals surface area contributed by atoms with Crippen LogP contribution < -0.4 is 14.4 Å². The highest BCUT2D eigenvalue weighted by Crippen LogP contribution is 2.43. The number of nitro groups is 1. The quantitative estimate of drug-likeness (QED) is 0.0808. The fourth-order valence-electron chi connectivity index (χ4n) is 4.31. The summed E-state index contributed by atoms with van der Waals surface area (Å²) in [5, 5.41) is 40.8. The number of ether oxygens (including phenoxy) is 2. The van der Waals surface area contributed by atoms with Crippen molar-refractivity contribution in [1.29, 1.82) is 0 Å². The second-order valence-electron chi connectivity index (χ2n) is 10.5. The molecular weight excluding hydrogens is 512 g/mol. The van der Waals surface area contributed by atoms with Crippen LogP contribution >= 0.6 is 0 Å². The number of nitrogens with zero attached hydrogens (tertiary/aromatic N) is 4. The van der Waals surface area contributed by atoms with E-state index >= 15 is 0 Å². The summed E-state index contributed by atoms with van der Waals surface area (Å²) in [5.74, 6) is 0.0459. The van der Waals surface area contributed by atoms with Crippen molar-refractivity contribution in [2.24, 2.45) is 10.2 Å². The molecule has 0 amide bonds. The van der Waals surface area contributed by atoms with Crippen LogP contribution in [0.3, 0.4) is 0 Å². The molecular formula is C30H46N4O6. The Morgan fingerprint density at radius 3 is 1.88 bits per heavy atom. The standard InChI is InChI=1S/C30H46N4O6/c1-7-9-11-13-15-21(3)39-29-20-25(34(37)38)28(36)17-24(29)32-31-23-18-30(26(33(5)6)19-27(23)35)40-22(4)16-14-12-10-8-2/h17-22,35-36H,7-16H2,1-6H3. The van der Waals surface area contributed by atoms with Gasteiger partial charge in [-0.1, -0.05) is 52.4 Å². The highest BCUT2D eigenvalue weighted by atomic mass is 16.6. The summed E-state index contributed by atoms with van der Waals surface area (Å²) >= 11 is 0. The Hall–Kier alpha value is -3.56. The van der Waals surface area contributed by atoms with Gasteiger partial charge in [0.15, 0.2) is 11.5 Å². The molecule has 40 heavy (non-hydrogen) atoms. The zero-order valence-electron chi connectivity index (χ0n) is 24.9. The summed E-state index contributed by atoms with van der Waals surface area (Å²) in [7, 11) is 3.73. The van der Waals surface area contributed by atoms with Crippen molar-refractivity contribution in [2.45, 2.75) is 104 Å². The normalized spacial score (nSPS) is 12.8. The summed E-state index contributed by atoms with van der Waals surface area (Å²) in [6, 6.07) is 5.51. The molecule has 0 bridgehead atoms. The lowest BCUT2D eigenvalue weighted by molar-refractivity contribution is -0.385. The van der Waals surface area contributed by atoms with Crippen molar-refractivity contribution in [3.05, 3.63) is 34.4 Å². The van der Waals surface area contributed by atoms with Gasteiger partial charge in [0.05, 0.1) is 28.9 Å². The number of nitro benzene ring substituents is 1. The van der Waals surface area contributed by atoms with E-state index in [9.17, 15) is 20.3 Å². The molecule has 0 radical (unpaired) electrons. The maximum absolute atomic E-state index is 11.4. The zero-order valence-corrected chi connectivity index (χ0v) is 24.9. The third-order valence-corrected chi connectivity index (χ3v) is 6.64. The number of hydrogen-bond donors (Lipinski definition) is 2. The number of hydrogen-bond acceptors (Lipinski definition) is 9. The minimum atomic E-state index is -0.673. The lowest BCUT2D eigenvalue weighted by atomic mass is 10.1. The molecule has 222 valence electrons. The molecule has 2 atom stereocenters. The van der Waals surface area contributed by atoms with Crippen LogP contribution in [0.4, 0.5) is 22.7 Å². The van der Waals surface area contributed by atoms with Gasteiger partial charge < -0.3 is 24.6 Å². The summed E-state index contributed by atoms with van der Waals surface area (Å²) in [6.45, 7) is 8.23. The first-order valence-corrected chi connectivity index (χ1v) is 14.4. The molecule has 0 spiro atoms. The predicted octanol–water partition coefficient (Wildman–Crippen LogP) is 8.96. The third-order valence-electron chi connectivity index (χ3n) is 6.64. The molecule has 2 rings (SSSR count). The molecule has 0 fully saturated rings. The average molecular weight is 559 g/mol. The number of azo groups is 1. The molecule has 10 nitrogen and oxygen atoms in total. The monoisotopic (exact) mass is 558 g/mol. The van der Waals surface area contributed by atoms with Crippen molar-refractivity contribution in [1.82, 2.24) is 0 Å². The van der Waals surface area contributed by atoms with Crippen molar-refractivity contribution in [3.8, 4) is 23.0 Å². The molecule has 2 aromatic rings. The Morgan fingerprint density at radius 2 is 1.35 bits per heavy atom. The molecule has 0 aliphatic rings. The Kier molecular flexibility index (Phi) is 13.5. The molecule has 0 aliphatic carbocycles. The summed E-state index contributed by atoms with van der Waals surface area (Å²) in [5.41, 5.74) is 0.501. The molecule has 0 saturated heterocycles. The van der Waals surface area contributed by atoms with E-state index in [1.54, 1.807) is 12.1 Å². The van der Waals surface area contributed by atoms with E-state index in [0.29, 0.717) is 11.4 Å². The second-order valence-corrected chi connectivity index (χ2v) is 10.5. The first-order valence-electron chi connectivity index (χ1n) is 14.4. The van der Waals surface area contributed by atoms with Crippen molar-refractivity contribution < 1.29 is 24.6 Å². The molecule has 0 aliphatic heterocycles. The highest BCUT2D eigenvalue weighted by molar-refractivity contribution is 5.69. The molecule has 2 N–H and O–H groups in total. The van der Waals surface area contributed by atoms with Gasteiger partial charge in [0.1, 0.15) is 22.9 Å². The maximum atomic E-state index is 11.4. The van der Waals surface area contributed by atoms with Crippen LogP contribution in [-0.2, 0) is 0 Å². The Morgan fingerprint density at radius 1 is 0.800 bits per heavy atom. The minimum Gasteiger partial charge on any atom is -0.506 e. The maximum Gasteiger partial charge on any atom is 0.314 e. The Balaban J connectivity index is 2.35. The van der Waals surface area contributed by atoms with E-state index in [1.165, 1.54) is 12.8 Å². The second kappa shape index (κ2) is 16.5. The van der Waals surface area contributed by atoms with E-state index in [0.717, 1.165) is 63.5 Å². The first-order chi connectivity index (χ1) is 19.1. The SMILES string of the molecule is CCCCCCC(C)Oc1cc([N+](=O)[O-])c(O)cc1N=Nc1cc(OC(C)CCCCCC)c(N(C)C)cc1O. The minimum absolute atomic E-state index is 0.0321. The fraction of sp³-hybridized carbons (Fsp3) is 0.600. The highest BCUT2D eigenvalue weighted by Gasteiger charge is 2.21. The van der Waals surface area contributed by atoms with Crippen LogP contribution in [-0.4, -0.2) is 41.4 Å². The van der Waals surface area contributed by atoms with Gasteiger partial charge in [0.25, 0.3) is 0 Å². The third kappa shape index (κ3) is 10.2. The van der Waals surface area contributed by atoms with Crippen LogP contribution in [0.15, 0.2) is 34.5 Å². The molecule has 10 heteroatoms. The van der Waals surface area contributed by atoms with Gasteiger partial charge in [-0.3, -0.25) is 10.1 Å². The predicted molar refractivity (Wildman–Crippen MR) is 159 cm³/mol. The smallest absolute Gasteiger partial charge is 0.314 e. The molecule has 2 aromatic carbocycles. The number of anilines is 1. The van der Waals surface area contributed by atoms with Gasteiger partial charge in [0, 0.05) is 32.3 Å². The average Bonchev–Trinajstić information content (AvgIpc) is 2.90. The Labute approximate surface area is 238 Å². The largest absolute Gasteiger partial charge is 0.506 e. The molecule has 0 saturated carbocycles. The summed E-state index contributed by atoms with van der Waals surface area (Å²) in [4.78, 5) is 12.6. The summed E-state index contributed by atoms with van der Waals surface area (Å²) < 4.78 is 12.2. The number of rotatable bonds is 18. The van der Waals surface area contributed by atoms with Crippen LogP contribution in [0.1, 0.15) is 91.9 Å². The Bertz CT molecular complexity index is 1120. The van der Waals surface area contributed by atoms with E-state index in [-0.39, 0.29) is 35.1 Å². The fourth-order valence-corrected chi connectivity index (χ4v) is 4.31. The van der Waals surface area contributed by atoms with Crippen LogP contribution in [0.2, 0.25) is 0 Å². The van der Waals surface area contributed by atoms with E-state index in [4.69, 9.17) is 9.47 Å². The number of unbranched alkanes of at least 4 members (excludes halogenated alkanes) is 6. The van der Waals surface area contributed by atoms with E-state index in [2.05, 4.69) is 24.1 Å². The van der Waals surface area contributed by atoms with Gasteiger partial charge in [-0.25, -0.2) is 0 Å². The number of benzene rings is 2. The molecule has 0 aromatic heterocycles. The lowest BCUT2D eigenvalue weighted by Crippen LogP contribution is -2.16. The van der Waals surface area contributed by atoms with Gasteiger partial charge in [-0.15, -0.1) is 10.2 Å². The van der Waals surface area contributed by atoms with Gasteiger partial charge in [0.2, 0.25) is 0 Å². The van der Waals surface area contributed by atoms with Gasteiger partial charge in [-0.05, 0) is 39.5 Å². The summed E-state index contributed by atoms with van der Waals surface area (Å²) in [6.07, 6.45) is 10.3. The van der Waals surface area contributed by atoms with E-state index in [1.807, 2.05) is 32.8 Å². The van der Waals surface area contributed by atoms with Crippen molar-refractivity contribution >= 4 is 22.7 Å². The van der Waals surface area contributed by atoms with Crippen LogP contribution in [0.5, 0.6) is 23.0 Å². The number of phenolic OH excluding ortho intramolecular Hbond substituents is 2. The van der Waals surface area contributed by atoms with Crippen LogP contribution in [0, 0.1) is 10.1 Å². The van der Waals surface area contributed by atoms with Crippen LogP contribution in [0.25, 0.3) is 0 Å². The molecule has 2 unspecified atom stereocenters.